The van der Waals surface area contributed by atoms with Gasteiger partial charge in [0.15, 0.2) is 0 Å². The zero-order chi connectivity index (χ0) is 14.4. The lowest BCUT2D eigenvalue weighted by molar-refractivity contribution is 0.250. The fraction of sp³-hybridized carbons (Fsp3) is 0.0625. The molecule has 0 bridgehead atoms. The summed E-state index contributed by atoms with van der Waals surface area (Å²) in [5.74, 6) is 0. The van der Waals surface area contributed by atoms with Crippen molar-refractivity contribution in [3.05, 3.63) is 70.8 Å². The Morgan fingerprint density at radius 1 is 1.10 bits per heavy atom. The largest absolute Gasteiger partial charge is 0.325 e. The summed E-state index contributed by atoms with van der Waals surface area (Å²) in [6.45, 7) is 0. The molecule has 0 aromatic heterocycles. The summed E-state index contributed by atoms with van der Waals surface area (Å²) >= 11 is 3.45. The highest BCUT2D eigenvalue weighted by Crippen LogP contribution is 2.16. The molecule has 20 heavy (non-hydrogen) atoms. The standard InChI is InChI=1S/C16H15BrN2O/c1-19(14-8-3-2-4-9-14)16(20)18-12-11-13-7-5-6-10-15(13)17/h2-12H,1H3,(H,18,20)/b12-11+. The molecule has 0 aliphatic carbocycles. The number of halogens is 1. The molecular formula is C16H15BrN2O. The van der Waals surface area contributed by atoms with Crippen molar-refractivity contribution in [1.82, 2.24) is 5.32 Å². The monoisotopic (exact) mass is 330 g/mol. The number of hydrogen-bond acceptors (Lipinski definition) is 1. The lowest BCUT2D eigenvalue weighted by Gasteiger charge is -2.16. The average molecular weight is 331 g/mol. The number of anilines is 1. The van der Waals surface area contributed by atoms with Crippen molar-refractivity contribution >= 4 is 33.7 Å². The van der Waals surface area contributed by atoms with E-state index in [9.17, 15) is 4.79 Å². The number of rotatable bonds is 3. The summed E-state index contributed by atoms with van der Waals surface area (Å²) in [7, 11) is 1.73. The highest BCUT2D eigenvalue weighted by Gasteiger charge is 2.07. The zero-order valence-corrected chi connectivity index (χ0v) is 12.7. The molecule has 0 heterocycles. The van der Waals surface area contributed by atoms with Crippen molar-refractivity contribution in [2.45, 2.75) is 0 Å². The Kier molecular flexibility index (Phi) is 4.96. The van der Waals surface area contributed by atoms with E-state index >= 15 is 0 Å². The van der Waals surface area contributed by atoms with Crippen LogP contribution in [0.2, 0.25) is 0 Å². The van der Waals surface area contributed by atoms with Crippen molar-refractivity contribution in [3.8, 4) is 0 Å². The van der Waals surface area contributed by atoms with Crippen LogP contribution in [-0.4, -0.2) is 13.1 Å². The van der Waals surface area contributed by atoms with Crippen LogP contribution in [0, 0.1) is 0 Å². The van der Waals surface area contributed by atoms with E-state index in [4.69, 9.17) is 0 Å². The smallest absolute Gasteiger partial charge is 0.314 e. The van der Waals surface area contributed by atoms with Crippen molar-refractivity contribution in [2.24, 2.45) is 0 Å². The van der Waals surface area contributed by atoms with E-state index in [1.807, 2.05) is 60.7 Å². The Bertz CT molecular complexity index is 611. The molecular weight excluding hydrogens is 316 g/mol. The fourth-order valence-electron chi connectivity index (χ4n) is 1.68. The summed E-state index contributed by atoms with van der Waals surface area (Å²) in [5, 5.41) is 2.74. The molecule has 0 atom stereocenters. The molecule has 0 aliphatic heterocycles. The maximum Gasteiger partial charge on any atom is 0.325 e. The predicted octanol–water partition coefficient (Wildman–Crippen LogP) is 4.27. The minimum absolute atomic E-state index is 0.181. The molecule has 102 valence electrons. The van der Waals surface area contributed by atoms with Crippen molar-refractivity contribution in [3.63, 3.8) is 0 Å². The number of hydrogen-bond donors (Lipinski definition) is 1. The number of para-hydroxylation sites is 1. The number of urea groups is 1. The minimum Gasteiger partial charge on any atom is -0.314 e. The Labute approximate surface area is 127 Å². The van der Waals surface area contributed by atoms with Gasteiger partial charge in [-0.05, 0) is 29.8 Å². The summed E-state index contributed by atoms with van der Waals surface area (Å²) in [6, 6.07) is 17.1. The first-order chi connectivity index (χ1) is 9.68. The van der Waals surface area contributed by atoms with Crippen LogP contribution in [0.3, 0.4) is 0 Å². The van der Waals surface area contributed by atoms with Gasteiger partial charge in [-0.25, -0.2) is 4.79 Å². The Balaban J connectivity index is 1.97. The van der Waals surface area contributed by atoms with E-state index < -0.39 is 0 Å². The third-order valence-electron chi connectivity index (χ3n) is 2.82. The van der Waals surface area contributed by atoms with E-state index in [2.05, 4.69) is 21.2 Å². The number of nitrogens with one attached hydrogen (secondary N) is 1. The topological polar surface area (TPSA) is 32.3 Å². The van der Waals surface area contributed by atoms with Crippen LogP contribution in [-0.2, 0) is 0 Å². The molecule has 2 amide bonds. The SMILES string of the molecule is CN(C(=O)N/C=C/c1ccccc1Br)c1ccccc1. The van der Waals surface area contributed by atoms with E-state index in [0.717, 1.165) is 15.7 Å². The van der Waals surface area contributed by atoms with Gasteiger partial charge in [0.1, 0.15) is 0 Å². The molecule has 2 aromatic carbocycles. The first-order valence-electron chi connectivity index (χ1n) is 6.19. The van der Waals surface area contributed by atoms with Crippen LogP contribution in [0.15, 0.2) is 65.3 Å². The van der Waals surface area contributed by atoms with Gasteiger partial charge in [-0.15, -0.1) is 0 Å². The molecule has 4 heteroatoms. The van der Waals surface area contributed by atoms with Crippen LogP contribution in [0.25, 0.3) is 6.08 Å². The van der Waals surface area contributed by atoms with Crippen LogP contribution in [0.5, 0.6) is 0 Å². The normalized spacial score (nSPS) is 10.5. The molecule has 1 N–H and O–H groups in total. The molecule has 0 unspecified atom stereocenters. The van der Waals surface area contributed by atoms with Gasteiger partial charge in [-0.3, -0.25) is 4.90 Å². The quantitative estimate of drug-likeness (QED) is 0.895. The number of carbonyl (C=O) groups excluding carboxylic acids is 1. The van der Waals surface area contributed by atoms with Crippen LogP contribution in [0.1, 0.15) is 5.56 Å². The summed E-state index contributed by atoms with van der Waals surface area (Å²) < 4.78 is 0.988. The van der Waals surface area contributed by atoms with E-state index in [0.29, 0.717) is 0 Å². The number of amides is 2. The molecule has 0 fully saturated rings. The van der Waals surface area contributed by atoms with Crippen molar-refractivity contribution in [2.75, 3.05) is 11.9 Å². The van der Waals surface area contributed by atoms with Crippen LogP contribution < -0.4 is 10.2 Å². The Hall–Kier alpha value is -2.07. The fourth-order valence-corrected chi connectivity index (χ4v) is 2.10. The van der Waals surface area contributed by atoms with Gasteiger partial charge in [-0.2, -0.15) is 0 Å². The third kappa shape index (κ3) is 3.71. The summed E-state index contributed by atoms with van der Waals surface area (Å²) in [4.78, 5) is 13.5. The third-order valence-corrected chi connectivity index (χ3v) is 3.55. The Morgan fingerprint density at radius 3 is 2.45 bits per heavy atom. The molecule has 0 radical (unpaired) electrons. The Morgan fingerprint density at radius 2 is 1.75 bits per heavy atom. The van der Waals surface area contributed by atoms with Gasteiger partial charge in [-0.1, -0.05) is 52.3 Å². The number of benzene rings is 2. The van der Waals surface area contributed by atoms with Crippen molar-refractivity contribution in [1.29, 1.82) is 0 Å². The van der Waals surface area contributed by atoms with E-state index in [1.165, 1.54) is 0 Å². The van der Waals surface area contributed by atoms with Crippen LogP contribution >= 0.6 is 15.9 Å². The van der Waals surface area contributed by atoms with Gasteiger partial charge >= 0.3 is 6.03 Å². The molecule has 0 aliphatic rings. The first kappa shape index (κ1) is 14.3. The lowest BCUT2D eigenvalue weighted by Crippen LogP contribution is -2.34. The van der Waals surface area contributed by atoms with Gasteiger partial charge in [0.05, 0.1) is 0 Å². The van der Waals surface area contributed by atoms with Gasteiger partial charge < -0.3 is 5.32 Å². The molecule has 0 saturated carbocycles. The second kappa shape index (κ2) is 6.91. The number of nitrogens with zero attached hydrogens (tertiary/aromatic N) is 1. The summed E-state index contributed by atoms with van der Waals surface area (Å²) in [5.41, 5.74) is 1.86. The maximum absolute atomic E-state index is 12.0. The molecule has 2 rings (SSSR count). The second-order valence-electron chi connectivity index (χ2n) is 4.20. The van der Waals surface area contributed by atoms with Gasteiger partial charge in [0.2, 0.25) is 0 Å². The minimum atomic E-state index is -0.181. The second-order valence-corrected chi connectivity index (χ2v) is 5.05. The predicted molar refractivity (Wildman–Crippen MR) is 86.6 cm³/mol. The molecule has 0 saturated heterocycles. The zero-order valence-electron chi connectivity index (χ0n) is 11.1. The van der Waals surface area contributed by atoms with E-state index in [1.54, 1.807) is 18.1 Å². The first-order valence-corrected chi connectivity index (χ1v) is 6.98. The van der Waals surface area contributed by atoms with E-state index in [-0.39, 0.29) is 6.03 Å². The molecule has 2 aromatic rings. The molecule has 0 spiro atoms. The van der Waals surface area contributed by atoms with Crippen molar-refractivity contribution < 1.29 is 4.79 Å². The lowest BCUT2D eigenvalue weighted by atomic mass is 10.2. The molecule has 3 nitrogen and oxygen atoms in total. The number of carbonyl (C=O) groups is 1. The average Bonchev–Trinajstić information content (AvgIpc) is 2.49. The summed E-state index contributed by atoms with van der Waals surface area (Å²) in [6.07, 6.45) is 3.49. The van der Waals surface area contributed by atoms with Gasteiger partial charge in [0.25, 0.3) is 0 Å². The van der Waals surface area contributed by atoms with Gasteiger partial charge in [0, 0.05) is 23.4 Å². The van der Waals surface area contributed by atoms with Crippen LogP contribution in [0.4, 0.5) is 10.5 Å². The highest BCUT2D eigenvalue weighted by molar-refractivity contribution is 9.10. The highest BCUT2D eigenvalue weighted by atomic mass is 79.9. The maximum atomic E-state index is 12.0.